The summed E-state index contributed by atoms with van der Waals surface area (Å²) < 4.78 is 5.56. The van der Waals surface area contributed by atoms with Gasteiger partial charge >= 0.3 is 5.97 Å². The Kier molecular flexibility index (Phi) is 3.66. The van der Waals surface area contributed by atoms with Gasteiger partial charge in [0.05, 0.1) is 18.1 Å². The van der Waals surface area contributed by atoms with Gasteiger partial charge in [-0.2, -0.15) is 0 Å². The van der Waals surface area contributed by atoms with Crippen LogP contribution in [0.2, 0.25) is 0 Å². The van der Waals surface area contributed by atoms with Gasteiger partial charge in [0.1, 0.15) is 5.58 Å². The summed E-state index contributed by atoms with van der Waals surface area (Å²) >= 11 is 0. The van der Waals surface area contributed by atoms with Crippen molar-refractivity contribution in [1.82, 2.24) is 4.90 Å². The third-order valence-corrected chi connectivity index (χ3v) is 4.95. The first-order valence-corrected chi connectivity index (χ1v) is 7.79. The van der Waals surface area contributed by atoms with E-state index < -0.39 is 11.4 Å². The summed E-state index contributed by atoms with van der Waals surface area (Å²) in [6.07, 6.45) is 2.37. The van der Waals surface area contributed by atoms with Crippen LogP contribution in [0.25, 0.3) is 11.0 Å². The predicted molar refractivity (Wildman–Crippen MR) is 86.3 cm³/mol. The Morgan fingerprint density at radius 1 is 1.30 bits per heavy atom. The molecule has 0 aliphatic carbocycles. The number of furan rings is 1. The van der Waals surface area contributed by atoms with Gasteiger partial charge in [-0.25, -0.2) is 0 Å². The van der Waals surface area contributed by atoms with Gasteiger partial charge in [0, 0.05) is 24.0 Å². The molecule has 122 valence electrons. The molecule has 0 bridgehead atoms. The number of carboxylic acid groups (broad SMARTS) is 1. The number of likely N-dealkylation sites (tertiary alicyclic amines) is 1. The fraction of sp³-hybridized carbons (Fsp3) is 0.444. The molecule has 1 unspecified atom stereocenters. The standard InChI is InChI=1S/C18H21NO4/c1-11-6-14-13(9-23-15(14)7-12(11)2)8-16(20)19-5-4-18(3,10-19)17(21)22/h6-7,9H,4-5,8,10H2,1-3H3,(H,21,22). The largest absolute Gasteiger partial charge is 0.481 e. The highest BCUT2D eigenvalue weighted by molar-refractivity contribution is 5.89. The molecule has 0 spiro atoms. The van der Waals surface area contributed by atoms with Crippen LogP contribution in [0.15, 0.2) is 22.8 Å². The molecule has 2 heterocycles. The van der Waals surface area contributed by atoms with Crippen molar-refractivity contribution in [3.8, 4) is 0 Å². The van der Waals surface area contributed by atoms with E-state index in [9.17, 15) is 14.7 Å². The number of carbonyl (C=O) groups excluding carboxylic acids is 1. The number of aryl methyl sites for hydroxylation is 2. The summed E-state index contributed by atoms with van der Waals surface area (Å²) in [6.45, 7) is 6.53. The van der Waals surface area contributed by atoms with Crippen LogP contribution >= 0.6 is 0 Å². The van der Waals surface area contributed by atoms with Crippen LogP contribution in [-0.2, 0) is 16.0 Å². The maximum atomic E-state index is 12.5. The first-order chi connectivity index (χ1) is 10.8. The summed E-state index contributed by atoms with van der Waals surface area (Å²) in [5, 5.41) is 10.2. The van der Waals surface area contributed by atoms with Crippen LogP contribution in [0.5, 0.6) is 0 Å². The summed E-state index contributed by atoms with van der Waals surface area (Å²) in [5.74, 6) is -0.886. The van der Waals surface area contributed by atoms with Gasteiger partial charge in [0.2, 0.25) is 5.91 Å². The molecule has 1 saturated heterocycles. The fourth-order valence-electron chi connectivity index (χ4n) is 3.10. The van der Waals surface area contributed by atoms with E-state index in [1.807, 2.05) is 26.0 Å². The number of fused-ring (bicyclic) bond motifs is 1. The second-order valence-corrected chi connectivity index (χ2v) is 6.80. The van der Waals surface area contributed by atoms with E-state index in [0.717, 1.165) is 27.7 Å². The Bertz CT molecular complexity index is 792. The third-order valence-electron chi connectivity index (χ3n) is 4.95. The number of aliphatic carboxylic acids is 1. The molecular weight excluding hydrogens is 294 g/mol. The zero-order chi connectivity index (χ0) is 16.8. The second-order valence-electron chi connectivity index (χ2n) is 6.80. The molecule has 1 fully saturated rings. The van der Waals surface area contributed by atoms with E-state index in [0.29, 0.717) is 13.0 Å². The van der Waals surface area contributed by atoms with Crippen molar-refractivity contribution in [3.63, 3.8) is 0 Å². The molecule has 1 N–H and O–H groups in total. The molecule has 1 aromatic carbocycles. The fourth-order valence-corrected chi connectivity index (χ4v) is 3.10. The van der Waals surface area contributed by atoms with E-state index in [1.165, 1.54) is 0 Å². The maximum absolute atomic E-state index is 12.5. The normalized spacial score (nSPS) is 21.1. The molecule has 1 amide bonds. The van der Waals surface area contributed by atoms with E-state index in [1.54, 1.807) is 18.1 Å². The zero-order valence-electron chi connectivity index (χ0n) is 13.7. The van der Waals surface area contributed by atoms with E-state index in [2.05, 4.69) is 0 Å². The SMILES string of the molecule is Cc1cc2occ(CC(=O)N3CCC(C)(C(=O)O)C3)c2cc1C. The van der Waals surface area contributed by atoms with Gasteiger partial charge in [-0.3, -0.25) is 9.59 Å². The Labute approximate surface area is 134 Å². The Morgan fingerprint density at radius 2 is 2.00 bits per heavy atom. The Balaban J connectivity index is 1.79. The lowest BCUT2D eigenvalue weighted by atomic mass is 9.90. The molecule has 5 nitrogen and oxygen atoms in total. The smallest absolute Gasteiger partial charge is 0.311 e. The highest BCUT2D eigenvalue weighted by atomic mass is 16.4. The summed E-state index contributed by atoms with van der Waals surface area (Å²) in [5.41, 5.74) is 3.13. The lowest BCUT2D eigenvalue weighted by Crippen LogP contribution is -2.35. The van der Waals surface area contributed by atoms with Crippen LogP contribution in [0.4, 0.5) is 0 Å². The van der Waals surface area contributed by atoms with Gasteiger partial charge in [-0.1, -0.05) is 0 Å². The van der Waals surface area contributed by atoms with Crippen molar-refractivity contribution in [2.45, 2.75) is 33.6 Å². The monoisotopic (exact) mass is 315 g/mol. The first kappa shape index (κ1) is 15.6. The molecule has 1 aliphatic heterocycles. The number of amides is 1. The summed E-state index contributed by atoms with van der Waals surface area (Å²) in [4.78, 5) is 25.5. The number of nitrogens with zero attached hydrogens (tertiary/aromatic N) is 1. The van der Waals surface area contributed by atoms with Crippen molar-refractivity contribution in [2.24, 2.45) is 5.41 Å². The van der Waals surface area contributed by atoms with Crippen LogP contribution in [0, 0.1) is 19.3 Å². The molecule has 3 rings (SSSR count). The van der Waals surface area contributed by atoms with E-state index in [4.69, 9.17) is 4.42 Å². The summed E-state index contributed by atoms with van der Waals surface area (Å²) in [6, 6.07) is 4.03. The molecule has 1 aliphatic rings. The average Bonchev–Trinajstić information content (AvgIpc) is 3.06. The molecule has 1 aromatic heterocycles. The number of carboxylic acids is 1. The minimum absolute atomic E-state index is 0.0455. The maximum Gasteiger partial charge on any atom is 0.311 e. The highest BCUT2D eigenvalue weighted by Gasteiger charge is 2.42. The highest BCUT2D eigenvalue weighted by Crippen LogP contribution is 2.31. The van der Waals surface area contributed by atoms with Crippen molar-refractivity contribution in [1.29, 1.82) is 0 Å². The van der Waals surface area contributed by atoms with Crippen LogP contribution in [0.1, 0.15) is 30.0 Å². The summed E-state index contributed by atoms with van der Waals surface area (Å²) in [7, 11) is 0. The Hall–Kier alpha value is -2.30. The molecule has 0 radical (unpaired) electrons. The molecule has 5 heteroatoms. The van der Waals surface area contributed by atoms with Crippen molar-refractivity contribution in [3.05, 3.63) is 35.1 Å². The number of hydrogen-bond donors (Lipinski definition) is 1. The van der Waals surface area contributed by atoms with Crippen LogP contribution in [-0.4, -0.2) is 35.0 Å². The van der Waals surface area contributed by atoms with Crippen molar-refractivity contribution in [2.75, 3.05) is 13.1 Å². The minimum Gasteiger partial charge on any atom is -0.481 e. The quantitative estimate of drug-likeness (QED) is 0.945. The van der Waals surface area contributed by atoms with Gasteiger partial charge < -0.3 is 14.4 Å². The predicted octanol–water partition coefficient (Wildman–Crippen LogP) is 2.92. The van der Waals surface area contributed by atoms with Crippen molar-refractivity contribution >= 4 is 22.8 Å². The number of benzene rings is 1. The zero-order valence-corrected chi connectivity index (χ0v) is 13.7. The van der Waals surface area contributed by atoms with Gasteiger partial charge in [-0.15, -0.1) is 0 Å². The van der Waals surface area contributed by atoms with Crippen molar-refractivity contribution < 1.29 is 19.1 Å². The molecular formula is C18H21NO4. The molecule has 2 aromatic rings. The lowest BCUT2D eigenvalue weighted by Gasteiger charge is -2.20. The van der Waals surface area contributed by atoms with Gasteiger partial charge in [-0.05, 0) is 50.5 Å². The van der Waals surface area contributed by atoms with Gasteiger partial charge in [0.15, 0.2) is 0 Å². The second kappa shape index (κ2) is 5.41. The van der Waals surface area contributed by atoms with E-state index in [-0.39, 0.29) is 18.9 Å². The average molecular weight is 315 g/mol. The molecule has 0 saturated carbocycles. The lowest BCUT2D eigenvalue weighted by molar-refractivity contribution is -0.147. The topological polar surface area (TPSA) is 70.8 Å². The van der Waals surface area contributed by atoms with Gasteiger partial charge in [0.25, 0.3) is 0 Å². The number of carbonyl (C=O) groups is 2. The van der Waals surface area contributed by atoms with E-state index >= 15 is 0 Å². The molecule has 23 heavy (non-hydrogen) atoms. The van der Waals surface area contributed by atoms with Crippen LogP contribution in [0.3, 0.4) is 0 Å². The number of hydrogen-bond acceptors (Lipinski definition) is 3. The first-order valence-electron chi connectivity index (χ1n) is 7.79. The molecule has 1 atom stereocenters. The number of rotatable bonds is 3. The third kappa shape index (κ3) is 2.71. The minimum atomic E-state index is -0.840. The Morgan fingerprint density at radius 3 is 2.65 bits per heavy atom. The van der Waals surface area contributed by atoms with Crippen LogP contribution < -0.4 is 0 Å².